The Hall–Kier alpha value is -3.61. The van der Waals surface area contributed by atoms with Crippen LogP contribution in [0.25, 0.3) is 10.8 Å². The van der Waals surface area contributed by atoms with Gasteiger partial charge in [-0.3, -0.25) is 20.4 Å². The minimum absolute atomic E-state index is 0.353. The first-order chi connectivity index (χ1) is 14.4. The van der Waals surface area contributed by atoms with Crippen molar-refractivity contribution in [3.8, 4) is 11.5 Å². The van der Waals surface area contributed by atoms with Crippen LogP contribution in [0.4, 0.5) is 4.39 Å². The minimum Gasteiger partial charge on any atom is -0.497 e. The van der Waals surface area contributed by atoms with Crippen LogP contribution >= 0.6 is 0 Å². The lowest BCUT2D eigenvalue weighted by Crippen LogP contribution is -2.48. The summed E-state index contributed by atoms with van der Waals surface area (Å²) in [7, 11) is 1.61. The van der Waals surface area contributed by atoms with E-state index in [1.807, 2.05) is 36.4 Å². The number of hydrogen-bond donors (Lipinski definition) is 2. The van der Waals surface area contributed by atoms with E-state index in [-0.39, 0.29) is 5.91 Å². The number of benzene rings is 3. The van der Waals surface area contributed by atoms with Gasteiger partial charge in [-0.1, -0.05) is 24.3 Å². The number of methoxy groups -OCH3 is 1. The fourth-order valence-electron chi connectivity index (χ4n) is 2.89. The normalized spacial score (nSPS) is 12.7. The van der Waals surface area contributed by atoms with E-state index in [4.69, 9.17) is 9.47 Å². The Bertz CT molecular complexity index is 1050. The van der Waals surface area contributed by atoms with Crippen molar-refractivity contribution in [2.75, 3.05) is 7.11 Å². The van der Waals surface area contributed by atoms with Crippen molar-refractivity contribution >= 4 is 22.6 Å². The number of amides is 2. The van der Waals surface area contributed by atoms with Crippen LogP contribution < -0.4 is 20.3 Å². The third-order valence-electron chi connectivity index (χ3n) is 4.77. The second-order valence-corrected chi connectivity index (χ2v) is 6.89. The van der Waals surface area contributed by atoms with Crippen molar-refractivity contribution in [2.45, 2.75) is 25.9 Å². The van der Waals surface area contributed by atoms with Gasteiger partial charge in [-0.25, -0.2) is 4.39 Å². The van der Waals surface area contributed by atoms with Crippen LogP contribution in [0.3, 0.4) is 0 Å². The minimum atomic E-state index is -0.873. The van der Waals surface area contributed by atoms with E-state index in [0.717, 1.165) is 22.1 Å². The zero-order valence-electron chi connectivity index (χ0n) is 16.9. The van der Waals surface area contributed by atoms with Gasteiger partial charge in [0.25, 0.3) is 5.91 Å². The number of carbonyl (C=O) groups is 2. The van der Waals surface area contributed by atoms with E-state index < -0.39 is 23.7 Å². The topological polar surface area (TPSA) is 76.7 Å². The van der Waals surface area contributed by atoms with Crippen molar-refractivity contribution in [1.82, 2.24) is 10.9 Å². The quantitative estimate of drug-likeness (QED) is 0.608. The Balaban J connectivity index is 1.57. The molecule has 30 heavy (non-hydrogen) atoms. The Labute approximate surface area is 174 Å². The van der Waals surface area contributed by atoms with Gasteiger partial charge in [0.15, 0.2) is 6.10 Å². The molecule has 0 unspecified atom stereocenters. The molecule has 0 aromatic heterocycles. The second-order valence-electron chi connectivity index (χ2n) is 6.89. The van der Waals surface area contributed by atoms with Crippen molar-refractivity contribution in [3.05, 3.63) is 72.0 Å². The number of carbonyl (C=O) groups excluding carboxylic acids is 2. The molecule has 3 aromatic rings. The summed E-state index contributed by atoms with van der Waals surface area (Å²) < 4.78 is 23.6. The molecule has 0 aliphatic rings. The van der Waals surface area contributed by atoms with E-state index >= 15 is 0 Å². The fourth-order valence-corrected chi connectivity index (χ4v) is 2.89. The van der Waals surface area contributed by atoms with Crippen LogP contribution in [0.1, 0.15) is 25.3 Å². The van der Waals surface area contributed by atoms with Crippen LogP contribution in [-0.4, -0.2) is 25.0 Å². The number of nitrogens with one attached hydrogen (secondary N) is 2. The number of hydrogen-bond acceptors (Lipinski definition) is 4. The van der Waals surface area contributed by atoms with Gasteiger partial charge in [0, 0.05) is 0 Å². The zero-order valence-corrected chi connectivity index (χ0v) is 16.9. The number of halogens is 1. The van der Waals surface area contributed by atoms with Gasteiger partial charge in [-0.05, 0) is 66.6 Å². The van der Waals surface area contributed by atoms with Gasteiger partial charge in [-0.15, -0.1) is 0 Å². The van der Waals surface area contributed by atoms with Crippen molar-refractivity contribution < 1.29 is 23.5 Å². The molecule has 0 saturated heterocycles. The maximum atomic E-state index is 12.9. The summed E-state index contributed by atoms with van der Waals surface area (Å²) in [6.07, 6.45) is -0.873. The number of rotatable bonds is 6. The van der Waals surface area contributed by atoms with Crippen LogP contribution in [0.15, 0.2) is 60.7 Å². The lowest BCUT2D eigenvalue weighted by Gasteiger charge is -2.17. The summed E-state index contributed by atoms with van der Waals surface area (Å²) in [5.74, 6) is -0.637. The molecule has 0 saturated carbocycles. The highest BCUT2D eigenvalue weighted by atomic mass is 19.1. The molecule has 2 N–H and O–H groups in total. The molecule has 3 rings (SSSR count). The standard InChI is InChI=1S/C23H23FN2O4/c1-14(16-4-5-18-13-21(29-3)9-6-17(18)12-16)22(27)25-26-23(28)15(2)30-20-10-7-19(24)8-11-20/h4-15H,1-3H3,(H,25,27)(H,26,28)/t14-,15+/m0/s1. The SMILES string of the molecule is COc1ccc2cc([C@H](C)C(=O)NNC(=O)[C@@H](C)Oc3ccc(F)cc3)ccc2c1. The van der Waals surface area contributed by atoms with E-state index in [1.54, 1.807) is 14.0 Å². The second kappa shape index (κ2) is 9.26. The zero-order chi connectivity index (χ0) is 21.7. The molecule has 6 nitrogen and oxygen atoms in total. The van der Waals surface area contributed by atoms with E-state index in [1.165, 1.54) is 31.2 Å². The first-order valence-electron chi connectivity index (χ1n) is 9.47. The average Bonchev–Trinajstić information content (AvgIpc) is 2.77. The van der Waals surface area contributed by atoms with Crippen LogP contribution in [0.2, 0.25) is 0 Å². The summed E-state index contributed by atoms with van der Waals surface area (Å²) in [5, 5.41) is 1.99. The van der Waals surface area contributed by atoms with Crippen LogP contribution in [0, 0.1) is 5.82 Å². The smallest absolute Gasteiger partial charge is 0.279 e. The molecule has 0 aliphatic heterocycles. The van der Waals surface area contributed by atoms with Gasteiger partial charge in [0.05, 0.1) is 13.0 Å². The van der Waals surface area contributed by atoms with Gasteiger partial charge in [-0.2, -0.15) is 0 Å². The molecule has 0 aliphatic carbocycles. The molecule has 3 aromatic carbocycles. The molecule has 0 fully saturated rings. The maximum absolute atomic E-state index is 12.9. The molecule has 0 spiro atoms. The Morgan fingerprint density at radius 2 is 1.43 bits per heavy atom. The predicted molar refractivity (Wildman–Crippen MR) is 112 cm³/mol. The van der Waals surface area contributed by atoms with Crippen LogP contribution in [0.5, 0.6) is 11.5 Å². The molecule has 0 radical (unpaired) electrons. The van der Waals surface area contributed by atoms with E-state index in [9.17, 15) is 14.0 Å². The van der Waals surface area contributed by atoms with Crippen molar-refractivity contribution in [1.29, 1.82) is 0 Å². The molecular formula is C23H23FN2O4. The number of fused-ring (bicyclic) bond motifs is 1. The molecule has 0 heterocycles. The van der Waals surface area contributed by atoms with Gasteiger partial charge < -0.3 is 9.47 Å². The molecule has 7 heteroatoms. The third kappa shape index (κ3) is 5.05. The Morgan fingerprint density at radius 3 is 2.13 bits per heavy atom. The lowest BCUT2D eigenvalue weighted by atomic mass is 9.97. The maximum Gasteiger partial charge on any atom is 0.279 e. The Kier molecular flexibility index (Phi) is 6.51. The van der Waals surface area contributed by atoms with E-state index in [2.05, 4.69) is 10.9 Å². The molecule has 2 atom stereocenters. The molecular weight excluding hydrogens is 387 g/mol. The summed E-state index contributed by atoms with van der Waals surface area (Å²) >= 11 is 0. The fraction of sp³-hybridized carbons (Fsp3) is 0.217. The van der Waals surface area contributed by atoms with Gasteiger partial charge in [0.1, 0.15) is 17.3 Å². The lowest BCUT2D eigenvalue weighted by molar-refractivity contribution is -0.133. The molecule has 156 valence electrons. The molecule has 2 amide bonds. The highest BCUT2D eigenvalue weighted by Gasteiger charge is 2.19. The van der Waals surface area contributed by atoms with Crippen LogP contribution in [-0.2, 0) is 9.59 Å². The summed E-state index contributed by atoms with van der Waals surface area (Å²) in [4.78, 5) is 24.7. The predicted octanol–water partition coefficient (Wildman–Crippen LogP) is 3.71. The molecule has 0 bridgehead atoms. The summed E-state index contributed by atoms with van der Waals surface area (Å²) in [5.41, 5.74) is 5.60. The first kappa shape index (κ1) is 21.1. The number of ether oxygens (including phenoxy) is 2. The third-order valence-corrected chi connectivity index (χ3v) is 4.77. The average molecular weight is 410 g/mol. The monoisotopic (exact) mass is 410 g/mol. The van der Waals surface area contributed by atoms with E-state index in [0.29, 0.717) is 5.75 Å². The highest BCUT2D eigenvalue weighted by Crippen LogP contribution is 2.25. The summed E-state index contributed by atoms with van der Waals surface area (Å²) in [6.45, 7) is 3.29. The summed E-state index contributed by atoms with van der Waals surface area (Å²) in [6, 6.07) is 16.8. The van der Waals surface area contributed by atoms with Gasteiger partial charge >= 0.3 is 0 Å². The largest absolute Gasteiger partial charge is 0.497 e. The highest BCUT2D eigenvalue weighted by molar-refractivity contribution is 5.90. The van der Waals surface area contributed by atoms with Crippen molar-refractivity contribution in [3.63, 3.8) is 0 Å². The number of hydrazine groups is 1. The van der Waals surface area contributed by atoms with Gasteiger partial charge in [0.2, 0.25) is 5.91 Å². The Morgan fingerprint density at radius 1 is 0.833 bits per heavy atom. The first-order valence-corrected chi connectivity index (χ1v) is 9.47. The van der Waals surface area contributed by atoms with Crippen molar-refractivity contribution in [2.24, 2.45) is 0 Å².